The van der Waals surface area contributed by atoms with Gasteiger partial charge in [-0.2, -0.15) is 13.2 Å². The Bertz CT molecular complexity index is 769. The van der Waals surface area contributed by atoms with Crippen molar-refractivity contribution in [2.45, 2.75) is 50.6 Å². The van der Waals surface area contributed by atoms with Gasteiger partial charge in [-0.3, -0.25) is 0 Å². The molecule has 2 atom stereocenters. The van der Waals surface area contributed by atoms with Gasteiger partial charge < -0.3 is 14.8 Å². The lowest BCUT2D eigenvalue weighted by Crippen LogP contribution is -2.21. The van der Waals surface area contributed by atoms with E-state index in [1.807, 2.05) is 0 Å². The summed E-state index contributed by atoms with van der Waals surface area (Å²) in [6.45, 7) is 1.99. The third-order valence-electron chi connectivity index (χ3n) is 4.54. The van der Waals surface area contributed by atoms with Crippen LogP contribution in [-0.4, -0.2) is 56.9 Å². The first-order chi connectivity index (χ1) is 12.5. The van der Waals surface area contributed by atoms with Crippen molar-refractivity contribution < 1.29 is 22.6 Å². The number of halogens is 3. The molecule has 142 valence electrons. The minimum absolute atomic E-state index is 0.0245. The molecule has 0 radical (unpaired) electrons. The van der Waals surface area contributed by atoms with Gasteiger partial charge in [0, 0.05) is 19.8 Å². The van der Waals surface area contributed by atoms with Crippen molar-refractivity contribution in [3.05, 3.63) is 5.82 Å². The molecule has 8 nitrogen and oxygen atoms in total. The molecule has 2 aromatic heterocycles. The maximum absolute atomic E-state index is 13.2. The average molecular weight is 372 g/mol. The number of ether oxygens (including phenoxy) is 2. The van der Waals surface area contributed by atoms with Crippen LogP contribution in [0, 0.1) is 0 Å². The molecule has 0 saturated carbocycles. The van der Waals surface area contributed by atoms with Crippen LogP contribution in [0.15, 0.2) is 0 Å². The van der Waals surface area contributed by atoms with Crippen LogP contribution in [0.4, 0.5) is 19.0 Å². The van der Waals surface area contributed by atoms with E-state index in [1.165, 1.54) is 4.68 Å². The topological polar surface area (TPSA) is 87.0 Å². The minimum Gasteiger partial charge on any atom is -0.376 e. The number of rotatable bonds is 5. The Morgan fingerprint density at radius 1 is 1.08 bits per heavy atom. The third kappa shape index (κ3) is 3.58. The lowest BCUT2D eigenvalue weighted by Gasteiger charge is -2.13. The molecule has 0 bridgehead atoms. The number of aromatic nitrogens is 5. The van der Waals surface area contributed by atoms with Gasteiger partial charge in [-0.05, 0) is 25.7 Å². The number of hydrogen-bond donors (Lipinski definition) is 1. The summed E-state index contributed by atoms with van der Waals surface area (Å²) >= 11 is 0. The number of anilines is 1. The molecule has 11 heteroatoms. The van der Waals surface area contributed by atoms with Crippen LogP contribution in [0.3, 0.4) is 0 Å². The number of alkyl halides is 3. The van der Waals surface area contributed by atoms with Crippen molar-refractivity contribution in [2.75, 3.05) is 25.1 Å². The minimum atomic E-state index is -4.66. The number of nitrogens with zero attached hydrogens (tertiary/aromatic N) is 5. The molecule has 1 N–H and O–H groups in total. The van der Waals surface area contributed by atoms with E-state index in [-0.39, 0.29) is 29.2 Å². The van der Waals surface area contributed by atoms with Crippen LogP contribution in [0.1, 0.15) is 31.5 Å². The van der Waals surface area contributed by atoms with E-state index in [2.05, 4.69) is 25.6 Å². The van der Waals surface area contributed by atoms with Crippen molar-refractivity contribution in [3.8, 4) is 0 Å². The zero-order valence-electron chi connectivity index (χ0n) is 14.0. The molecule has 0 amide bonds. The molecule has 0 aromatic carbocycles. The van der Waals surface area contributed by atoms with Crippen LogP contribution in [-0.2, 0) is 22.2 Å². The quantitative estimate of drug-likeness (QED) is 0.859. The fraction of sp³-hybridized carbons (Fsp3) is 0.733. The third-order valence-corrected chi connectivity index (χ3v) is 4.54. The monoisotopic (exact) mass is 372 g/mol. The fourth-order valence-corrected chi connectivity index (χ4v) is 3.23. The summed E-state index contributed by atoms with van der Waals surface area (Å²) in [7, 11) is 0. The van der Waals surface area contributed by atoms with Crippen molar-refractivity contribution >= 4 is 17.0 Å². The van der Waals surface area contributed by atoms with Gasteiger partial charge in [-0.25, -0.2) is 14.6 Å². The summed E-state index contributed by atoms with van der Waals surface area (Å²) in [5.41, 5.74) is 0.270. The first-order valence-electron chi connectivity index (χ1n) is 8.66. The number of nitrogens with one attached hydrogen (secondary N) is 1. The average Bonchev–Trinajstić information content (AvgIpc) is 3.34. The van der Waals surface area contributed by atoms with Gasteiger partial charge >= 0.3 is 6.18 Å². The predicted octanol–water partition coefficient (Wildman–Crippen LogP) is 2.01. The summed E-state index contributed by atoms with van der Waals surface area (Å²) < 4.78 is 52.1. The summed E-state index contributed by atoms with van der Waals surface area (Å²) in [6.07, 6.45) is -1.23. The van der Waals surface area contributed by atoms with E-state index < -0.39 is 12.0 Å². The SMILES string of the molecule is FC(F)(F)c1nc(NCC2CCCO2)c2nnn(C[C@H]3CCCO3)c2n1. The lowest BCUT2D eigenvalue weighted by atomic mass is 10.2. The van der Waals surface area contributed by atoms with Crippen molar-refractivity contribution in [2.24, 2.45) is 0 Å². The van der Waals surface area contributed by atoms with Gasteiger partial charge in [-0.1, -0.05) is 5.21 Å². The van der Waals surface area contributed by atoms with Gasteiger partial charge in [-0.15, -0.1) is 5.10 Å². The normalized spacial score (nSPS) is 23.8. The lowest BCUT2D eigenvalue weighted by molar-refractivity contribution is -0.144. The summed E-state index contributed by atoms with van der Waals surface area (Å²) in [6, 6.07) is 0. The van der Waals surface area contributed by atoms with Gasteiger partial charge in [0.1, 0.15) is 0 Å². The maximum Gasteiger partial charge on any atom is 0.451 e. The summed E-state index contributed by atoms with van der Waals surface area (Å²) in [4.78, 5) is 7.29. The number of hydrogen-bond acceptors (Lipinski definition) is 7. The van der Waals surface area contributed by atoms with E-state index in [1.54, 1.807) is 0 Å². The Kier molecular flexibility index (Phi) is 4.65. The smallest absolute Gasteiger partial charge is 0.376 e. The molecule has 26 heavy (non-hydrogen) atoms. The van der Waals surface area contributed by atoms with Crippen molar-refractivity contribution in [1.29, 1.82) is 0 Å². The van der Waals surface area contributed by atoms with Crippen LogP contribution < -0.4 is 5.32 Å². The first kappa shape index (κ1) is 17.4. The zero-order chi connectivity index (χ0) is 18.1. The molecule has 2 aliphatic rings. The second-order valence-corrected chi connectivity index (χ2v) is 6.49. The Balaban J connectivity index is 1.65. The molecular formula is C15H19F3N6O2. The van der Waals surface area contributed by atoms with Crippen LogP contribution >= 0.6 is 0 Å². The molecule has 2 aliphatic heterocycles. The summed E-state index contributed by atoms with van der Waals surface area (Å²) in [5, 5.41) is 10.9. The molecule has 2 fully saturated rings. The van der Waals surface area contributed by atoms with E-state index in [9.17, 15) is 13.2 Å². The van der Waals surface area contributed by atoms with E-state index in [0.717, 1.165) is 25.7 Å². The molecule has 2 saturated heterocycles. The summed E-state index contributed by atoms with van der Waals surface area (Å²) in [5.74, 6) is -1.19. The molecule has 2 aromatic rings. The van der Waals surface area contributed by atoms with Gasteiger partial charge in [0.15, 0.2) is 17.0 Å². The molecule has 0 aliphatic carbocycles. The highest BCUT2D eigenvalue weighted by atomic mass is 19.4. The largest absolute Gasteiger partial charge is 0.451 e. The van der Waals surface area contributed by atoms with Gasteiger partial charge in [0.25, 0.3) is 0 Å². The highest BCUT2D eigenvalue weighted by Crippen LogP contribution is 2.30. The molecule has 0 spiro atoms. The highest BCUT2D eigenvalue weighted by Gasteiger charge is 2.36. The van der Waals surface area contributed by atoms with Crippen LogP contribution in [0.25, 0.3) is 11.2 Å². The van der Waals surface area contributed by atoms with E-state index >= 15 is 0 Å². The Labute approximate surface area is 147 Å². The standard InChI is InChI=1S/C15H19F3N6O2/c16-15(17,18)14-20-12(19-7-9-3-1-5-25-9)11-13(21-14)24(23-22-11)8-10-4-2-6-26-10/h9-10H,1-8H2,(H,19,20,21)/t9?,10-/m1/s1. The van der Waals surface area contributed by atoms with E-state index in [0.29, 0.717) is 26.3 Å². The molecule has 4 heterocycles. The molecule has 4 rings (SSSR count). The van der Waals surface area contributed by atoms with Crippen LogP contribution in [0.2, 0.25) is 0 Å². The first-order valence-corrected chi connectivity index (χ1v) is 8.66. The zero-order valence-corrected chi connectivity index (χ0v) is 14.0. The van der Waals surface area contributed by atoms with Crippen molar-refractivity contribution in [1.82, 2.24) is 25.0 Å². The van der Waals surface area contributed by atoms with Crippen LogP contribution in [0.5, 0.6) is 0 Å². The van der Waals surface area contributed by atoms with Gasteiger partial charge in [0.2, 0.25) is 5.82 Å². The molecular weight excluding hydrogens is 353 g/mol. The fourth-order valence-electron chi connectivity index (χ4n) is 3.23. The second kappa shape index (κ2) is 6.95. The van der Waals surface area contributed by atoms with Crippen molar-refractivity contribution in [3.63, 3.8) is 0 Å². The highest BCUT2D eigenvalue weighted by molar-refractivity contribution is 5.82. The van der Waals surface area contributed by atoms with E-state index in [4.69, 9.17) is 9.47 Å². The molecule has 1 unspecified atom stereocenters. The predicted molar refractivity (Wildman–Crippen MR) is 84.6 cm³/mol. The Morgan fingerprint density at radius 3 is 2.46 bits per heavy atom. The Morgan fingerprint density at radius 2 is 1.81 bits per heavy atom. The van der Waals surface area contributed by atoms with Gasteiger partial charge in [0.05, 0.1) is 18.8 Å². The number of fused-ring (bicyclic) bond motifs is 1. The maximum atomic E-state index is 13.2. The second-order valence-electron chi connectivity index (χ2n) is 6.49. The Hall–Kier alpha value is -2.01.